The van der Waals surface area contributed by atoms with Gasteiger partial charge in [-0.2, -0.15) is 0 Å². The highest BCUT2D eigenvalue weighted by Crippen LogP contribution is 2.52. The molecule has 0 radical (unpaired) electrons. The van der Waals surface area contributed by atoms with Crippen LogP contribution in [0.3, 0.4) is 0 Å². The van der Waals surface area contributed by atoms with E-state index in [0.717, 1.165) is 29.8 Å². The van der Waals surface area contributed by atoms with Gasteiger partial charge in [0.15, 0.2) is 5.65 Å². The lowest BCUT2D eigenvalue weighted by molar-refractivity contribution is 0.0796. The topological polar surface area (TPSA) is 50.4 Å². The summed E-state index contributed by atoms with van der Waals surface area (Å²) in [6.45, 7) is 3.48. The molecule has 1 N–H and O–H groups in total. The summed E-state index contributed by atoms with van der Waals surface area (Å²) in [5, 5.41) is 19.1. The molecule has 1 aliphatic carbocycles. The summed E-state index contributed by atoms with van der Waals surface area (Å²) in [6.07, 6.45) is 3.85. The first-order valence-corrected chi connectivity index (χ1v) is 7.75. The van der Waals surface area contributed by atoms with Gasteiger partial charge in [0.25, 0.3) is 0 Å². The Labute approximate surface area is 133 Å². The lowest BCUT2D eigenvalue weighted by Gasteiger charge is -2.19. The summed E-state index contributed by atoms with van der Waals surface area (Å²) in [5.41, 5.74) is 1.28. The van der Waals surface area contributed by atoms with E-state index in [0.29, 0.717) is 5.65 Å². The normalized spacial score (nSPS) is 16.7. The average Bonchev–Trinajstić information content (AvgIpc) is 3.19. The van der Waals surface area contributed by atoms with Crippen molar-refractivity contribution in [3.8, 4) is 0 Å². The first kappa shape index (κ1) is 14.3. The number of pyridine rings is 1. The molecule has 0 aliphatic heterocycles. The van der Waals surface area contributed by atoms with Crippen molar-refractivity contribution in [1.29, 1.82) is 0 Å². The molecule has 2 aromatic heterocycles. The highest BCUT2D eigenvalue weighted by atomic mass is 19.1. The third-order valence-electron chi connectivity index (χ3n) is 4.67. The molecule has 0 atom stereocenters. The van der Waals surface area contributed by atoms with Crippen LogP contribution >= 0.6 is 0 Å². The van der Waals surface area contributed by atoms with E-state index in [2.05, 4.69) is 10.2 Å². The fourth-order valence-corrected chi connectivity index (χ4v) is 3.26. The molecule has 1 fully saturated rings. The van der Waals surface area contributed by atoms with Crippen molar-refractivity contribution in [3.05, 3.63) is 65.4 Å². The quantitative estimate of drug-likeness (QED) is 0.808. The molecule has 0 amide bonds. The molecule has 0 saturated heterocycles. The summed E-state index contributed by atoms with van der Waals surface area (Å²) in [4.78, 5) is 0. The minimum atomic E-state index is -0.987. The molecule has 1 saturated carbocycles. The Bertz CT molecular complexity index is 873. The summed E-state index contributed by atoms with van der Waals surface area (Å²) in [5.74, 6) is 0.616. The largest absolute Gasteiger partial charge is 0.386 e. The SMILES string of the molecule is CC(C)(O)c1cccn2c(C3(c4ccc(F)cc4)CC3)nnc12. The first-order valence-electron chi connectivity index (χ1n) is 7.75. The molecule has 0 unspecified atom stereocenters. The van der Waals surface area contributed by atoms with E-state index in [1.807, 2.05) is 34.9 Å². The fraction of sp³-hybridized carbons (Fsp3) is 0.333. The second kappa shape index (κ2) is 4.61. The van der Waals surface area contributed by atoms with E-state index in [4.69, 9.17) is 0 Å². The van der Waals surface area contributed by atoms with Gasteiger partial charge in [0.05, 0.1) is 11.0 Å². The minimum Gasteiger partial charge on any atom is -0.386 e. The first-order chi connectivity index (χ1) is 10.9. The summed E-state index contributed by atoms with van der Waals surface area (Å²) < 4.78 is 15.2. The van der Waals surface area contributed by atoms with Crippen LogP contribution in [0, 0.1) is 5.82 Å². The zero-order valence-corrected chi connectivity index (χ0v) is 13.1. The molecule has 2 heterocycles. The molecule has 118 valence electrons. The minimum absolute atomic E-state index is 0.203. The Balaban J connectivity index is 1.89. The second-order valence-electron chi connectivity index (χ2n) is 6.79. The lowest BCUT2D eigenvalue weighted by Crippen LogP contribution is -2.18. The van der Waals surface area contributed by atoms with Crippen LogP contribution in [-0.4, -0.2) is 19.7 Å². The van der Waals surface area contributed by atoms with Crippen LogP contribution in [0.5, 0.6) is 0 Å². The van der Waals surface area contributed by atoms with Gasteiger partial charge in [-0.25, -0.2) is 4.39 Å². The van der Waals surface area contributed by atoms with E-state index in [9.17, 15) is 9.50 Å². The number of benzene rings is 1. The molecule has 3 aromatic rings. The smallest absolute Gasteiger partial charge is 0.166 e. The maximum Gasteiger partial charge on any atom is 0.166 e. The molecule has 1 aliphatic rings. The van der Waals surface area contributed by atoms with Gasteiger partial charge >= 0.3 is 0 Å². The number of aliphatic hydroxyl groups is 1. The van der Waals surface area contributed by atoms with Gasteiger partial charge in [-0.15, -0.1) is 10.2 Å². The van der Waals surface area contributed by atoms with Crippen LogP contribution in [0.2, 0.25) is 0 Å². The number of fused-ring (bicyclic) bond motifs is 1. The number of halogens is 1. The summed E-state index contributed by atoms with van der Waals surface area (Å²) in [6, 6.07) is 10.4. The average molecular weight is 311 g/mol. The van der Waals surface area contributed by atoms with Crippen molar-refractivity contribution in [1.82, 2.24) is 14.6 Å². The number of rotatable bonds is 3. The third kappa shape index (κ3) is 2.15. The lowest BCUT2D eigenvalue weighted by atomic mass is 9.94. The van der Waals surface area contributed by atoms with Gasteiger partial charge in [0.2, 0.25) is 0 Å². The monoisotopic (exact) mass is 311 g/mol. The van der Waals surface area contributed by atoms with Crippen molar-refractivity contribution < 1.29 is 9.50 Å². The van der Waals surface area contributed by atoms with E-state index < -0.39 is 5.60 Å². The standard InChI is InChI=1S/C18H18FN3O/c1-17(2,23)14-4-3-11-22-15(14)20-21-16(22)18(9-10-18)12-5-7-13(19)8-6-12/h3-8,11,23H,9-10H2,1-2H3. The van der Waals surface area contributed by atoms with Crippen molar-refractivity contribution in [2.24, 2.45) is 0 Å². The van der Waals surface area contributed by atoms with Gasteiger partial charge in [-0.1, -0.05) is 18.2 Å². The van der Waals surface area contributed by atoms with E-state index in [1.54, 1.807) is 13.8 Å². The highest BCUT2D eigenvalue weighted by molar-refractivity contribution is 5.53. The maximum absolute atomic E-state index is 13.2. The van der Waals surface area contributed by atoms with Gasteiger partial charge in [-0.3, -0.25) is 4.40 Å². The Hall–Kier alpha value is -2.27. The number of nitrogens with zero attached hydrogens (tertiary/aromatic N) is 3. The molecule has 5 heteroatoms. The van der Waals surface area contributed by atoms with E-state index >= 15 is 0 Å². The molecule has 23 heavy (non-hydrogen) atoms. The van der Waals surface area contributed by atoms with Gasteiger partial charge in [0, 0.05) is 11.8 Å². The van der Waals surface area contributed by atoms with Gasteiger partial charge in [-0.05, 0) is 50.5 Å². The van der Waals surface area contributed by atoms with E-state index in [-0.39, 0.29) is 11.2 Å². The van der Waals surface area contributed by atoms with Crippen LogP contribution in [0.25, 0.3) is 5.65 Å². The Morgan fingerprint density at radius 3 is 2.43 bits per heavy atom. The Kier molecular flexibility index (Phi) is 2.87. The van der Waals surface area contributed by atoms with Crippen LogP contribution in [0.15, 0.2) is 42.6 Å². The number of hydrogen-bond acceptors (Lipinski definition) is 3. The Morgan fingerprint density at radius 2 is 1.83 bits per heavy atom. The molecule has 4 nitrogen and oxygen atoms in total. The fourth-order valence-electron chi connectivity index (χ4n) is 3.26. The summed E-state index contributed by atoms with van der Waals surface area (Å²) >= 11 is 0. The van der Waals surface area contributed by atoms with Crippen molar-refractivity contribution in [2.75, 3.05) is 0 Å². The van der Waals surface area contributed by atoms with Gasteiger partial charge in [0.1, 0.15) is 11.6 Å². The molecule has 0 bridgehead atoms. The van der Waals surface area contributed by atoms with Crippen LogP contribution in [0.4, 0.5) is 4.39 Å². The Morgan fingerprint density at radius 1 is 1.13 bits per heavy atom. The van der Waals surface area contributed by atoms with E-state index in [1.165, 1.54) is 12.1 Å². The van der Waals surface area contributed by atoms with Gasteiger partial charge < -0.3 is 5.11 Å². The van der Waals surface area contributed by atoms with Crippen molar-refractivity contribution >= 4 is 5.65 Å². The maximum atomic E-state index is 13.2. The zero-order valence-electron chi connectivity index (χ0n) is 13.1. The molecule has 1 aromatic carbocycles. The third-order valence-corrected chi connectivity index (χ3v) is 4.67. The number of hydrogen-bond donors (Lipinski definition) is 1. The van der Waals surface area contributed by atoms with Crippen molar-refractivity contribution in [2.45, 2.75) is 37.7 Å². The molecule has 0 spiro atoms. The van der Waals surface area contributed by atoms with Crippen LogP contribution in [0.1, 0.15) is 43.6 Å². The number of aromatic nitrogens is 3. The molecule has 4 rings (SSSR count). The zero-order chi connectivity index (χ0) is 16.2. The summed E-state index contributed by atoms with van der Waals surface area (Å²) in [7, 11) is 0. The second-order valence-corrected chi connectivity index (χ2v) is 6.79. The predicted octanol–water partition coefficient (Wildman–Crippen LogP) is 3.18. The predicted molar refractivity (Wildman–Crippen MR) is 84.6 cm³/mol. The molecular weight excluding hydrogens is 293 g/mol. The molecular formula is C18H18FN3O. The van der Waals surface area contributed by atoms with Crippen molar-refractivity contribution in [3.63, 3.8) is 0 Å². The highest BCUT2D eigenvalue weighted by Gasteiger charge is 2.49. The van der Waals surface area contributed by atoms with Crippen LogP contribution in [-0.2, 0) is 11.0 Å². The van der Waals surface area contributed by atoms with Crippen LogP contribution < -0.4 is 0 Å².